The van der Waals surface area contributed by atoms with E-state index in [1.807, 2.05) is 45.0 Å². The number of rotatable bonds is 10. The Balaban J connectivity index is 2.09. The van der Waals surface area contributed by atoms with Gasteiger partial charge in [0.25, 0.3) is 11.7 Å². The van der Waals surface area contributed by atoms with Gasteiger partial charge in [0.2, 0.25) is 0 Å². The number of ether oxygens (including phenoxy) is 2. The number of amides is 1. The Morgan fingerprint density at radius 3 is 2.38 bits per heavy atom. The van der Waals surface area contributed by atoms with Crippen LogP contribution >= 0.6 is 0 Å². The van der Waals surface area contributed by atoms with E-state index >= 15 is 0 Å². The van der Waals surface area contributed by atoms with Gasteiger partial charge in [-0.2, -0.15) is 0 Å². The monoisotopic (exact) mass is 464 g/mol. The van der Waals surface area contributed by atoms with E-state index in [0.29, 0.717) is 48.9 Å². The van der Waals surface area contributed by atoms with Crippen LogP contribution in [0.4, 0.5) is 0 Å². The van der Waals surface area contributed by atoms with Crippen molar-refractivity contribution < 1.29 is 24.2 Å². The number of likely N-dealkylation sites (tertiary alicyclic amines) is 1. The average molecular weight is 465 g/mol. The maximum absolute atomic E-state index is 13.2. The fraction of sp³-hybridized carbons (Fsp3) is 0.333. The Kier molecular flexibility index (Phi) is 8.12. The number of carbonyl (C=O) groups is 2. The molecule has 0 radical (unpaired) electrons. The van der Waals surface area contributed by atoms with Crippen LogP contribution in [0.1, 0.15) is 29.7 Å². The largest absolute Gasteiger partial charge is 0.507 e. The second kappa shape index (κ2) is 11.0. The molecule has 0 spiro atoms. The number of aryl methyl sites for hydroxylation is 1. The zero-order valence-corrected chi connectivity index (χ0v) is 20.2. The molecule has 1 unspecified atom stereocenters. The minimum Gasteiger partial charge on any atom is -0.507 e. The zero-order chi connectivity index (χ0) is 24.8. The lowest BCUT2D eigenvalue weighted by Gasteiger charge is -2.26. The van der Waals surface area contributed by atoms with E-state index < -0.39 is 17.7 Å². The van der Waals surface area contributed by atoms with Gasteiger partial charge in [-0.3, -0.25) is 9.59 Å². The third-order valence-electron chi connectivity index (χ3n) is 5.66. The zero-order valence-electron chi connectivity index (χ0n) is 20.2. The van der Waals surface area contributed by atoms with E-state index in [9.17, 15) is 14.7 Å². The van der Waals surface area contributed by atoms with Crippen molar-refractivity contribution in [2.24, 2.45) is 0 Å². The van der Waals surface area contributed by atoms with Crippen LogP contribution in [0.2, 0.25) is 0 Å². The van der Waals surface area contributed by atoms with Gasteiger partial charge in [-0.1, -0.05) is 24.8 Å². The highest BCUT2D eigenvalue weighted by Gasteiger charge is 2.46. The van der Waals surface area contributed by atoms with Crippen molar-refractivity contribution in [3.8, 4) is 11.5 Å². The number of hydrogen-bond donors (Lipinski definition) is 1. The van der Waals surface area contributed by atoms with Crippen LogP contribution in [0.15, 0.2) is 60.7 Å². The van der Waals surface area contributed by atoms with E-state index in [1.54, 1.807) is 36.4 Å². The highest BCUT2D eigenvalue weighted by atomic mass is 16.5. The summed E-state index contributed by atoms with van der Waals surface area (Å²) in [5, 5.41) is 11.3. The summed E-state index contributed by atoms with van der Waals surface area (Å²) in [6, 6.07) is 11.8. The first-order valence-electron chi connectivity index (χ1n) is 11.3. The number of aliphatic hydroxyl groups excluding tert-OH is 1. The minimum atomic E-state index is -0.709. The standard InChI is InChI=1S/C27H32N2O5/c1-6-16-34-20-10-8-19(9-11-20)24-23(26(31)27(32)29(24)15-14-28(4)5)25(30)22-13-12-21(33-7-2)17-18(22)3/h6,8-13,17,24,30H,1,7,14-16H2,2-5H3/b25-23-. The molecule has 1 N–H and O–H groups in total. The maximum Gasteiger partial charge on any atom is 0.295 e. The molecule has 2 aromatic rings. The van der Waals surface area contributed by atoms with Crippen molar-refractivity contribution in [2.45, 2.75) is 19.9 Å². The lowest BCUT2D eigenvalue weighted by Crippen LogP contribution is -2.35. The number of likely N-dealkylation sites (N-methyl/N-ethyl adjacent to an activating group) is 1. The van der Waals surface area contributed by atoms with E-state index in [2.05, 4.69) is 6.58 Å². The smallest absolute Gasteiger partial charge is 0.295 e. The molecule has 3 rings (SSSR count). The third-order valence-corrected chi connectivity index (χ3v) is 5.66. The third kappa shape index (κ3) is 5.31. The van der Waals surface area contributed by atoms with Crippen LogP contribution in [0.5, 0.6) is 11.5 Å². The summed E-state index contributed by atoms with van der Waals surface area (Å²) < 4.78 is 11.1. The number of benzene rings is 2. The summed E-state index contributed by atoms with van der Waals surface area (Å²) in [5.74, 6) is -0.181. The predicted octanol–water partition coefficient (Wildman–Crippen LogP) is 3.94. The fourth-order valence-electron chi connectivity index (χ4n) is 3.97. The number of aliphatic hydroxyl groups is 1. The quantitative estimate of drug-likeness (QED) is 0.248. The number of Topliss-reactive ketones (excluding diaryl/α,β-unsaturated/α-hetero) is 1. The van der Waals surface area contributed by atoms with Gasteiger partial charge >= 0.3 is 0 Å². The Labute approximate surface area is 200 Å². The summed E-state index contributed by atoms with van der Waals surface area (Å²) in [6.45, 7) is 9.19. The van der Waals surface area contributed by atoms with E-state index in [1.165, 1.54) is 4.90 Å². The molecule has 7 nitrogen and oxygen atoms in total. The molecule has 34 heavy (non-hydrogen) atoms. The van der Waals surface area contributed by atoms with Crippen molar-refractivity contribution in [3.05, 3.63) is 77.4 Å². The van der Waals surface area contributed by atoms with Gasteiger partial charge in [-0.15, -0.1) is 0 Å². The van der Waals surface area contributed by atoms with Gasteiger partial charge in [-0.25, -0.2) is 0 Å². The van der Waals surface area contributed by atoms with Crippen LogP contribution in [0.3, 0.4) is 0 Å². The van der Waals surface area contributed by atoms with Gasteiger partial charge in [0.15, 0.2) is 0 Å². The van der Waals surface area contributed by atoms with Gasteiger partial charge in [-0.05, 0) is 69.4 Å². The van der Waals surface area contributed by atoms with E-state index in [0.717, 1.165) is 5.56 Å². The van der Waals surface area contributed by atoms with Crippen LogP contribution < -0.4 is 9.47 Å². The highest BCUT2D eigenvalue weighted by Crippen LogP contribution is 2.40. The first-order valence-corrected chi connectivity index (χ1v) is 11.3. The van der Waals surface area contributed by atoms with Gasteiger partial charge in [0.1, 0.15) is 23.9 Å². The number of carbonyl (C=O) groups excluding carboxylic acids is 2. The maximum atomic E-state index is 13.2. The molecular weight excluding hydrogens is 432 g/mol. The number of ketones is 1. The molecule has 0 saturated carbocycles. The van der Waals surface area contributed by atoms with Crippen molar-refractivity contribution in [2.75, 3.05) is 40.4 Å². The first kappa shape index (κ1) is 25.1. The molecule has 1 heterocycles. The summed E-state index contributed by atoms with van der Waals surface area (Å²) >= 11 is 0. The van der Waals surface area contributed by atoms with Gasteiger partial charge in [0, 0.05) is 18.7 Å². The molecule has 180 valence electrons. The van der Waals surface area contributed by atoms with Crippen molar-refractivity contribution >= 4 is 17.4 Å². The Morgan fingerprint density at radius 2 is 1.79 bits per heavy atom. The summed E-state index contributed by atoms with van der Waals surface area (Å²) in [5.41, 5.74) is 2.03. The van der Waals surface area contributed by atoms with Crippen LogP contribution in [0.25, 0.3) is 5.76 Å². The summed E-state index contributed by atoms with van der Waals surface area (Å²) in [4.78, 5) is 29.7. The Bertz CT molecular complexity index is 1090. The lowest BCUT2D eigenvalue weighted by atomic mass is 9.94. The molecule has 1 amide bonds. The van der Waals surface area contributed by atoms with Crippen LogP contribution in [-0.4, -0.2) is 67.0 Å². The number of nitrogens with zero attached hydrogens (tertiary/aromatic N) is 2. The minimum absolute atomic E-state index is 0.0794. The molecule has 1 atom stereocenters. The van der Waals surface area contributed by atoms with E-state index in [4.69, 9.17) is 9.47 Å². The molecule has 7 heteroatoms. The molecule has 0 aliphatic carbocycles. The Hall–Kier alpha value is -3.58. The molecule has 1 fully saturated rings. The molecule has 1 aliphatic heterocycles. The fourth-order valence-corrected chi connectivity index (χ4v) is 3.97. The molecule has 1 saturated heterocycles. The molecule has 1 aliphatic rings. The Morgan fingerprint density at radius 1 is 1.12 bits per heavy atom. The van der Waals surface area contributed by atoms with Crippen molar-refractivity contribution in [3.63, 3.8) is 0 Å². The number of hydrogen-bond acceptors (Lipinski definition) is 6. The SMILES string of the molecule is C=CCOc1ccc(C2/C(=C(/O)c3ccc(OCC)cc3C)C(=O)C(=O)N2CCN(C)C)cc1. The second-order valence-corrected chi connectivity index (χ2v) is 8.37. The van der Waals surface area contributed by atoms with Crippen LogP contribution in [0, 0.1) is 6.92 Å². The predicted molar refractivity (Wildman–Crippen MR) is 132 cm³/mol. The van der Waals surface area contributed by atoms with Crippen LogP contribution in [-0.2, 0) is 9.59 Å². The van der Waals surface area contributed by atoms with Crippen molar-refractivity contribution in [1.29, 1.82) is 0 Å². The normalized spacial score (nSPS) is 17.3. The lowest BCUT2D eigenvalue weighted by molar-refractivity contribution is -0.140. The summed E-state index contributed by atoms with van der Waals surface area (Å²) in [6.07, 6.45) is 1.66. The molecule has 2 aromatic carbocycles. The highest BCUT2D eigenvalue weighted by molar-refractivity contribution is 6.46. The average Bonchev–Trinajstić information content (AvgIpc) is 3.06. The van der Waals surface area contributed by atoms with Gasteiger partial charge in [0.05, 0.1) is 18.2 Å². The second-order valence-electron chi connectivity index (χ2n) is 8.37. The molecular formula is C27H32N2O5. The van der Waals surface area contributed by atoms with Gasteiger partial charge < -0.3 is 24.4 Å². The molecule has 0 aromatic heterocycles. The summed E-state index contributed by atoms with van der Waals surface area (Å²) in [7, 11) is 3.81. The van der Waals surface area contributed by atoms with E-state index in [-0.39, 0.29) is 11.3 Å². The molecule has 0 bridgehead atoms. The van der Waals surface area contributed by atoms with Crippen molar-refractivity contribution in [1.82, 2.24) is 9.80 Å². The topological polar surface area (TPSA) is 79.3 Å². The first-order chi connectivity index (χ1) is 16.3.